The molecule has 0 radical (unpaired) electrons. The van der Waals surface area contributed by atoms with Crippen molar-refractivity contribution < 1.29 is 9.16 Å². The van der Waals surface area contributed by atoms with Crippen LogP contribution < -0.4 is 0 Å². The molecule has 0 N–H and O–H groups in total. The monoisotopic (exact) mass is 318 g/mol. The molecule has 2 rings (SSSR count). The van der Waals surface area contributed by atoms with Crippen LogP contribution in [0, 0.1) is 0 Å². The lowest BCUT2D eigenvalue weighted by molar-refractivity contribution is -0.0371. The van der Waals surface area contributed by atoms with Crippen LogP contribution in [0.2, 0.25) is 18.1 Å². The smallest absolute Gasteiger partial charge is 0.192 e. The van der Waals surface area contributed by atoms with E-state index >= 15 is 0 Å². The average Bonchev–Trinajstić information content (AvgIpc) is 2.72. The van der Waals surface area contributed by atoms with Crippen molar-refractivity contribution in [3.8, 4) is 0 Å². The van der Waals surface area contributed by atoms with Crippen molar-refractivity contribution in [3.05, 3.63) is 47.5 Å². The highest BCUT2D eigenvalue weighted by atomic mass is 28.4. The van der Waals surface area contributed by atoms with E-state index in [9.17, 15) is 0 Å². The molecule has 122 valence electrons. The molecule has 1 aliphatic heterocycles. The molecule has 0 saturated heterocycles. The Morgan fingerprint density at radius 2 is 1.77 bits per heavy atom. The number of benzene rings is 1. The molecule has 0 fully saturated rings. The van der Waals surface area contributed by atoms with Gasteiger partial charge >= 0.3 is 0 Å². The van der Waals surface area contributed by atoms with Gasteiger partial charge in [-0.3, -0.25) is 0 Å². The maximum absolute atomic E-state index is 6.36. The van der Waals surface area contributed by atoms with Gasteiger partial charge in [-0.05, 0) is 49.2 Å². The van der Waals surface area contributed by atoms with Crippen molar-refractivity contribution in [1.29, 1.82) is 0 Å². The number of hydrogen-bond donors (Lipinski definition) is 0. The molecule has 0 saturated carbocycles. The molecule has 1 aromatic carbocycles. The highest BCUT2D eigenvalue weighted by molar-refractivity contribution is 6.74. The Morgan fingerprint density at radius 3 is 2.32 bits per heavy atom. The minimum atomic E-state index is -1.73. The zero-order valence-corrected chi connectivity index (χ0v) is 16.1. The molecule has 0 aromatic heterocycles. The first-order valence-electron chi connectivity index (χ1n) is 8.12. The summed E-state index contributed by atoms with van der Waals surface area (Å²) < 4.78 is 12.7. The van der Waals surface area contributed by atoms with E-state index in [1.165, 1.54) is 11.1 Å². The van der Waals surface area contributed by atoms with Crippen molar-refractivity contribution in [1.82, 2.24) is 0 Å². The van der Waals surface area contributed by atoms with Crippen LogP contribution >= 0.6 is 0 Å². The van der Waals surface area contributed by atoms with Crippen LogP contribution in [0.1, 0.15) is 40.2 Å². The third kappa shape index (κ3) is 3.53. The van der Waals surface area contributed by atoms with Crippen LogP contribution in [-0.2, 0) is 14.8 Å². The Kier molecular flexibility index (Phi) is 4.72. The molecule has 22 heavy (non-hydrogen) atoms. The summed E-state index contributed by atoms with van der Waals surface area (Å²) in [5, 5.41) is 0.228. The van der Waals surface area contributed by atoms with E-state index in [-0.39, 0.29) is 16.7 Å². The SMILES string of the molecule is CC1=C[C@](C)(c2ccccc2)O[C@@H]1CO[Si](C)(C)C(C)(C)C. The lowest BCUT2D eigenvalue weighted by atomic mass is 9.95. The highest BCUT2D eigenvalue weighted by Crippen LogP contribution is 2.40. The summed E-state index contributed by atoms with van der Waals surface area (Å²) in [6.07, 6.45) is 2.29. The normalized spacial score (nSPS) is 26.1. The third-order valence-corrected chi connectivity index (χ3v) is 9.65. The predicted octanol–water partition coefficient (Wildman–Crippen LogP) is 5.27. The topological polar surface area (TPSA) is 18.5 Å². The van der Waals surface area contributed by atoms with Crippen molar-refractivity contribution in [2.24, 2.45) is 0 Å². The average molecular weight is 319 g/mol. The predicted molar refractivity (Wildman–Crippen MR) is 95.6 cm³/mol. The van der Waals surface area contributed by atoms with Crippen LogP contribution in [0.5, 0.6) is 0 Å². The molecule has 2 atom stereocenters. The Labute approximate surface area is 136 Å². The van der Waals surface area contributed by atoms with E-state index < -0.39 is 8.32 Å². The van der Waals surface area contributed by atoms with Crippen molar-refractivity contribution in [2.75, 3.05) is 6.61 Å². The molecule has 1 aromatic rings. The first kappa shape index (κ1) is 17.5. The zero-order valence-electron chi connectivity index (χ0n) is 15.1. The second-order valence-corrected chi connectivity index (χ2v) is 12.8. The molecule has 2 nitrogen and oxygen atoms in total. The van der Waals surface area contributed by atoms with Gasteiger partial charge < -0.3 is 9.16 Å². The van der Waals surface area contributed by atoms with E-state index in [0.717, 1.165) is 0 Å². The molecule has 0 unspecified atom stereocenters. The van der Waals surface area contributed by atoms with Crippen LogP contribution in [-0.4, -0.2) is 21.0 Å². The minimum Gasteiger partial charge on any atom is -0.414 e. The van der Waals surface area contributed by atoms with Gasteiger partial charge in [0, 0.05) is 0 Å². The van der Waals surface area contributed by atoms with Crippen molar-refractivity contribution in [3.63, 3.8) is 0 Å². The molecule has 3 heteroatoms. The standard InChI is InChI=1S/C19H30O2Si/c1-15-13-19(5,16-11-9-8-10-12-16)21-17(15)14-20-22(6,7)18(2,3)4/h8-13,17H,14H2,1-7H3/t17-,19-/m1/s1. The first-order chi connectivity index (χ1) is 10.1. The van der Waals surface area contributed by atoms with E-state index in [1.807, 2.05) is 6.07 Å². The molecular formula is C19H30O2Si. The quantitative estimate of drug-likeness (QED) is 0.556. The van der Waals surface area contributed by atoms with Gasteiger partial charge in [-0.1, -0.05) is 51.1 Å². The molecule has 1 aliphatic rings. The maximum atomic E-state index is 6.36. The fourth-order valence-corrected chi connectivity index (χ4v) is 3.54. The van der Waals surface area contributed by atoms with Gasteiger partial charge in [-0.15, -0.1) is 0 Å². The van der Waals surface area contributed by atoms with E-state index in [1.54, 1.807) is 0 Å². The summed E-state index contributed by atoms with van der Waals surface area (Å²) in [7, 11) is -1.73. The Balaban J connectivity index is 2.07. The van der Waals surface area contributed by atoms with E-state index in [2.05, 4.69) is 78.1 Å². The molecular weight excluding hydrogens is 288 g/mol. The van der Waals surface area contributed by atoms with Gasteiger partial charge in [-0.25, -0.2) is 0 Å². The summed E-state index contributed by atoms with van der Waals surface area (Å²) in [6.45, 7) is 16.3. The summed E-state index contributed by atoms with van der Waals surface area (Å²) in [6, 6.07) is 10.4. The van der Waals surface area contributed by atoms with E-state index in [0.29, 0.717) is 6.61 Å². The van der Waals surface area contributed by atoms with Crippen molar-refractivity contribution >= 4 is 8.32 Å². The van der Waals surface area contributed by atoms with Gasteiger partial charge in [0.15, 0.2) is 8.32 Å². The largest absolute Gasteiger partial charge is 0.414 e. The first-order valence-corrected chi connectivity index (χ1v) is 11.0. The van der Waals surface area contributed by atoms with Gasteiger partial charge in [-0.2, -0.15) is 0 Å². The molecule has 0 aliphatic carbocycles. The lowest BCUT2D eigenvalue weighted by Gasteiger charge is -2.37. The minimum absolute atomic E-state index is 0.0549. The van der Waals surface area contributed by atoms with Gasteiger partial charge in [0.1, 0.15) is 11.7 Å². The summed E-state index contributed by atoms with van der Waals surface area (Å²) in [5.41, 5.74) is 2.13. The second kappa shape index (κ2) is 5.95. The fraction of sp³-hybridized carbons (Fsp3) is 0.579. The molecule has 0 spiro atoms. The van der Waals surface area contributed by atoms with Gasteiger partial charge in [0.05, 0.1) is 6.61 Å². The fourth-order valence-electron chi connectivity index (χ4n) is 2.54. The second-order valence-electron chi connectivity index (χ2n) is 8.04. The van der Waals surface area contributed by atoms with E-state index in [4.69, 9.17) is 9.16 Å². The highest BCUT2D eigenvalue weighted by Gasteiger charge is 2.40. The summed E-state index contributed by atoms with van der Waals surface area (Å²) in [5.74, 6) is 0. The Bertz CT molecular complexity index is 542. The Hall–Kier alpha value is -0.903. The number of hydrogen-bond acceptors (Lipinski definition) is 2. The summed E-state index contributed by atoms with van der Waals surface area (Å²) >= 11 is 0. The van der Waals surface area contributed by atoms with Crippen LogP contribution in [0.15, 0.2) is 42.0 Å². The maximum Gasteiger partial charge on any atom is 0.192 e. The van der Waals surface area contributed by atoms with Crippen LogP contribution in [0.25, 0.3) is 0 Å². The molecule has 1 heterocycles. The van der Waals surface area contributed by atoms with Crippen LogP contribution in [0.4, 0.5) is 0 Å². The number of ether oxygens (including phenoxy) is 1. The molecule has 0 amide bonds. The Morgan fingerprint density at radius 1 is 1.18 bits per heavy atom. The molecule has 0 bridgehead atoms. The zero-order chi connectivity index (χ0) is 16.6. The third-order valence-electron chi connectivity index (χ3n) is 5.15. The van der Waals surface area contributed by atoms with Crippen molar-refractivity contribution in [2.45, 2.75) is 64.5 Å². The number of rotatable bonds is 4. The van der Waals surface area contributed by atoms with Crippen LogP contribution in [0.3, 0.4) is 0 Å². The summed E-state index contributed by atoms with van der Waals surface area (Å²) in [4.78, 5) is 0. The van der Waals surface area contributed by atoms with Gasteiger partial charge in [0.25, 0.3) is 0 Å². The van der Waals surface area contributed by atoms with Gasteiger partial charge in [0.2, 0.25) is 0 Å². The lowest BCUT2D eigenvalue weighted by Crippen LogP contribution is -2.43.